The van der Waals surface area contributed by atoms with E-state index in [0.29, 0.717) is 6.54 Å². The molecule has 3 N–H and O–H groups in total. The van der Waals surface area contributed by atoms with Gasteiger partial charge in [-0.25, -0.2) is 0 Å². The van der Waals surface area contributed by atoms with Crippen LogP contribution in [0, 0.1) is 5.92 Å². The zero-order chi connectivity index (χ0) is 12.4. The Morgan fingerprint density at radius 1 is 1.47 bits per heavy atom. The van der Waals surface area contributed by atoms with Gasteiger partial charge in [0.15, 0.2) is 6.10 Å². The van der Waals surface area contributed by atoms with Gasteiger partial charge in [0.1, 0.15) is 5.75 Å². The van der Waals surface area contributed by atoms with Crippen molar-refractivity contribution in [3.63, 3.8) is 0 Å². The molecule has 0 saturated carbocycles. The Labute approximate surface area is 101 Å². The topological polar surface area (TPSA) is 64.3 Å². The van der Waals surface area contributed by atoms with Gasteiger partial charge in [-0.15, -0.1) is 0 Å². The number of nitrogens with one attached hydrogen (secondary N) is 1. The summed E-state index contributed by atoms with van der Waals surface area (Å²) in [5.41, 5.74) is 7.36. The van der Waals surface area contributed by atoms with Gasteiger partial charge in [0.2, 0.25) is 0 Å². The molecule has 1 aliphatic heterocycles. The smallest absolute Gasteiger partial charge is 0.265 e. The summed E-state index contributed by atoms with van der Waals surface area (Å²) in [5.74, 6) is 0.827. The third-order valence-electron chi connectivity index (χ3n) is 2.85. The number of carbonyl (C=O) groups excluding carboxylic acids is 1. The van der Waals surface area contributed by atoms with E-state index in [9.17, 15) is 4.79 Å². The third kappa shape index (κ3) is 2.42. The quantitative estimate of drug-likeness (QED) is 0.834. The van der Waals surface area contributed by atoms with Crippen LogP contribution in [0.2, 0.25) is 0 Å². The molecule has 0 radical (unpaired) electrons. The number of carbonyl (C=O) groups is 1. The van der Waals surface area contributed by atoms with Gasteiger partial charge in [-0.2, -0.15) is 0 Å². The molecule has 1 aromatic carbocycles. The first-order valence-corrected chi connectivity index (χ1v) is 5.92. The summed E-state index contributed by atoms with van der Waals surface area (Å²) >= 11 is 0. The molecular weight excluding hydrogens is 216 g/mol. The maximum atomic E-state index is 11.8. The van der Waals surface area contributed by atoms with Crippen molar-refractivity contribution in [3.05, 3.63) is 23.8 Å². The monoisotopic (exact) mass is 234 g/mol. The number of nitrogens with two attached hydrogens (primary N) is 1. The number of amides is 1. The molecule has 2 rings (SSSR count). The van der Waals surface area contributed by atoms with Crippen LogP contribution in [0.5, 0.6) is 5.75 Å². The molecule has 0 aliphatic carbocycles. The Balaban J connectivity index is 2.25. The molecule has 0 bridgehead atoms. The lowest BCUT2D eigenvalue weighted by molar-refractivity contribution is -0.125. The van der Waals surface area contributed by atoms with Gasteiger partial charge in [0.25, 0.3) is 5.91 Å². The minimum Gasteiger partial charge on any atom is -0.478 e. The molecule has 0 saturated heterocycles. The highest BCUT2D eigenvalue weighted by atomic mass is 16.5. The molecule has 1 unspecified atom stereocenters. The van der Waals surface area contributed by atoms with E-state index in [0.717, 1.165) is 23.4 Å². The van der Waals surface area contributed by atoms with E-state index in [4.69, 9.17) is 10.5 Å². The molecule has 1 aromatic rings. The van der Waals surface area contributed by atoms with Crippen LogP contribution in [-0.2, 0) is 11.2 Å². The normalized spacial score (nSPS) is 18.6. The maximum Gasteiger partial charge on any atom is 0.265 e. The van der Waals surface area contributed by atoms with E-state index >= 15 is 0 Å². The fourth-order valence-corrected chi connectivity index (χ4v) is 1.93. The fourth-order valence-electron chi connectivity index (χ4n) is 1.93. The Kier molecular flexibility index (Phi) is 3.33. The highest BCUT2D eigenvalue weighted by Gasteiger charge is 2.30. The first-order valence-electron chi connectivity index (χ1n) is 5.92. The first-order chi connectivity index (χ1) is 8.11. The van der Waals surface area contributed by atoms with Crippen LogP contribution in [-0.4, -0.2) is 18.6 Å². The van der Waals surface area contributed by atoms with Crippen molar-refractivity contribution in [2.75, 3.05) is 11.9 Å². The van der Waals surface area contributed by atoms with Gasteiger partial charge in [-0.1, -0.05) is 19.9 Å². The van der Waals surface area contributed by atoms with E-state index in [2.05, 4.69) is 5.32 Å². The van der Waals surface area contributed by atoms with Crippen LogP contribution >= 0.6 is 0 Å². The summed E-state index contributed by atoms with van der Waals surface area (Å²) in [6.07, 6.45) is 0.402. The number of ether oxygens (including phenoxy) is 1. The molecule has 0 spiro atoms. The molecule has 4 nitrogen and oxygen atoms in total. The molecule has 92 valence electrons. The van der Waals surface area contributed by atoms with Crippen molar-refractivity contribution in [2.45, 2.75) is 26.4 Å². The Morgan fingerprint density at radius 2 is 2.24 bits per heavy atom. The van der Waals surface area contributed by atoms with Crippen molar-refractivity contribution in [1.29, 1.82) is 0 Å². The molecule has 1 aliphatic rings. The fraction of sp³-hybridized carbons (Fsp3) is 0.462. The molecule has 0 fully saturated rings. The SMILES string of the molecule is CC(C)C1Oc2ccc(CCN)cc2NC1=O. The number of fused-ring (bicyclic) bond motifs is 1. The maximum absolute atomic E-state index is 11.8. The van der Waals surface area contributed by atoms with Crippen LogP contribution in [0.15, 0.2) is 18.2 Å². The number of benzene rings is 1. The second kappa shape index (κ2) is 4.75. The van der Waals surface area contributed by atoms with Gasteiger partial charge < -0.3 is 15.8 Å². The lowest BCUT2D eigenvalue weighted by Crippen LogP contribution is -2.40. The van der Waals surface area contributed by atoms with E-state index in [-0.39, 0.29) is 11.8 Å². The molecular formula is C13H18N2O2. The van der Waals surface area contributed by atoms with Gasteiger partial charge >= 0.3 is 0 Å². The van der Waals surface area contributed by atoms with Crippen LogP contribution in [0.25, 0.3) is 0 Å². The van der Waals surface area contributed by atoms with Gasteiger partial charge in [-0.3, -0.25) is 4.79 Å². The molecule has 1 amide bonds. The predicted molar refractivity (Wildman–Crippen MR) is 67.1 cm³/mol. The Morgan fingerprint density at radius 3 is 2.88 bits per heavy atom. The average molecular weight is 234 g/mol. The molecule has 4 heteroatoms. The van der Waals surface area contributed by atoms with Crippen LogP contribution in [0.3, 0.4) is 0 Å². The summed E-state index contributed by atoms with van der Waals surface area (Å²) in [7, 11) is 0. The van der Waals surface area contributed by atoms with Crippen molar-refractivity contribution in [2.24, 2.45) is 11.7 Å². The molecule has 0 aromatic heterocycles. The van der Waals surface area contributed by atoms with E-state index < -0.39 is 6.10 Å². The highest BCUT2D eigenvalue weighted by molar-refractivity contribution is 5.97. The number of hydrogen-bond acceptors (Lipinski definition) is 3. The number of rotatable bonds is 3. The zero-order valence-electron chi connectivity index (χ0n) is 10.2. The van der Waals surface area contributed by atoms with Crippen LogP contribution in [0.1, 0.15) is 19.4 Å². The lowest BCUT2D eigenvalue weighted by Gasteiger charge is -2.28. The predicted octanol–water partition coefficient (Wildman–Crippen LogP) is 1.54. The second-order valence-corrected chi connectivity index (χ2v) is 4.64. The van der Waals surface area contributed by atoms with Crippen molar-refractivity contribution in [1.82, 2.24) is 0 Å². The van der Waals surface area contributed by atoms with Gasteiger partial charge in [0, 0.05) is 0 Å². The Hall–Kier alpha value is -1.55. The van der Waals surface area contributed by atoms with Crippen molar-refractivity contribution >= 4 is 11.6 Å². The lowest BCUT2D eigenvalue weighted by atomic mass is 10.0. The summed E-state index contributed by atoms with van der Waals surface area (Å²) in [6.45, 7) is 4.54. The largest absolute Gasteiger partial charge is 0.478 e. The summed E-state index contributed by atoms with van der Waals surface area (Å²) < 4.78 is 5.70. The van der Waals surface area contributed by atoms with Crippen LogP contribution < -0.4 is 15.8 Å². The van der Waals surface area contributed by atoms with Gasteiger partial charge in [0.05, 0.1) is 5.69 Å². The standard InChI is InChI=1S/C13H18N2O2/c1-8(2)12-13(16)15-10-7-9(5-6-14)3-4-11(10)17-12/h3-4,7-8,12H,5-6,14H2,1-2H3,(H,15,16). The minimum atomic E-state index is -0.400. The second-order valence-electron chi connectivity index (χ2n) is 4.64. The Bertz CT molecular complexity index is 429. The summed E-state index contributed by atoms with van der Waals surface area (Å²) in [5, 5.41) is 2.89. The van der Waals surface area contributed by atoms with Crippen LogP contribution in [0.4, 0.5) is 5.69 Å². The highest BCUT2D eigenvalue weighted by Crippen LogP contribution is 2.32. The van der Waals surface area contributed by atoms with Crippen molar-refractivity contribution in [3.8, 4) is 5.75 Å². The van der Waals surface area contributed by atoms with Gasteiger partial charge in [-0.05, 0) is 36.6 Å². The van der Waals surface area contributed by atoms with E-state index in [1.807, 2.05) is 32.0 Å². The molecule has 1 heterocycles. The average Bonchev–Trinajstić information content (AvgIpc) is 2.28. The molecule has 17 heavy (non-hydrogen) atoms. The summed E-state index contributed by atoms with van der Waals surface area (Å²) in [6, 6.07) is 5.81. The van der Waals surface area contributed by atoms with E-state index in [1.54, 1.807) is 0 Å². The van der Waals surface area contributed by atoms with E-state index in [1.165, 1.54) is 0 Å². The molecule has 1 atom stereocenters. The first kappa shape index (κ1) is 11.9. The summed E-state index contributed by atoms with van der Waals surface area (Å²) in [4.78, 5) is 11.8. The minimum absolute atomic E-state index is 0.0719. The number of hydrogen-bond donors (Lipinski definition) is 2. The third-order valence-corrected chi connectivity index (χ3v) is 2.85. The number of anilines is 1. The van der Waals surface area contributed by atoms with Crippen molar-refractivity contribution < 1.29 is 9.53 Å². The zero-order valence-corrected chi connectivity index (χ0v) is 10.2.